The van der Waals surface area contributed by atoms with E-state index in [1.54, 1.807) is 18.2 Å². The fourth-order valence-corrected chi connectivity index (χ4v) is 5.40. The predicted molar refractivity (Wildman–Crippen MR) is 118 cm³/mol. The Labute approximate surface area is 189 Å². The minimum Gasteiger partial charge on any atom is -0.465 e. The lowest BCUT2D eigenvalue weighted by Crippen LogP contribution is -2.51. The zero-order valence-corrected chi connectivity index (χ0v) is 19.1. The highest BCUT2D eigenvalue weighted by molar-refractivity contribution is 7.10. The van der Waals surface area contributed by atoms with Gasteiger partial charge in [-0.25, -0.2) is 9.78 Å². The van der Waals surface area contributed by atoms with Gasteiger partial charge in [-0.1, -0.05) is 56.3 Å². The quantitative estimate of drug-likeness (QED) is 0.631. The molecule has 1 N–H and O–H groups in total. The normalized spacial score (nSPS) is 24.2. The van der Waals surface area contributed by atoms with Crippen LogP contribution in [0.4, 0.5) is 13.6 Å². The van der Waals surface area contributed by atoms with E-state index in [2.05, 4.69) is 10.1 Å². The van der Waals surface area contributed by atoms with E-state index in [9.17, 15) is 18.7 Å². The Morgan fingerprint density at radius 1 is 1.25 bits per heavy atom. The van der Waals surface area contributed by atoms with Crippen molar-refractivity contribution in [2.75, 3.05) is 6.54 Å². The molecule has 9 heteroatoms. The largest absolute Gasteiger partial charge is 0.465 e. The SMILES string of the molecule is CC(C)(C)C1CC(c2nc(C3=NOC(C(F)(F)c4ccccc4)C3)cs2)CCN1C(=O)O. The van der Waals surface area contributed by atoms with Gasteiger partial charge in [0.25, 0.3) is 0 Å². The monoisotopic (exact) mass is 463 g/mol. The van der Waals surface area contributed by atoms with Crippen molar-refractivity contribution in [3.8, 4) is 0 Å². The average molecular weight is 464 g/mol. The molecule has 1 amide bonds. The number of amides is 1. The van der Waals surface area contributed by atoms with Crippen LogP contribution in [-0.4, -0.2) is 45.5 Å². The Hall–Kier alpha value is -2.55. The molecule has 32 heavy (non-hydrogen) atoms. The van der Waals surface area contributed by atoms with Crippen LogP contribution in [0.2, 0.25) is 0 Å². The fraction of sp³-hybridized carbons (Fsp3) is 0.522. The van der Waals surface area contributed by atoms with Gasteiger partial charge < -0.3 is 14.8 Å². The van der Waals surface area contributed by atoms with E-state index < -0.39 is 18.1 Å². The molecule has 1 aromatic carbocycles. The number of carboxylic acid groups (broad SMARTS) is 1. The lowest BCUT2D eigenvalue weighted by atomic mass is 9.77. The predicted octanol–water partition coefficient (Wildman–Crippen LogP) is 5.70. The Balaban J connectivity index is 1.46. The smallest absolute Gasteiger partial charge is 0.407 e. The molecule has 172 valence electrons. The van der Waals surface area contributed by atoms with Gasteiger partial charge in [0.2, 0.25) is 6.10 Å². The molecule has 0 bridgehead atoms. The summed E-state index contributed by atoms with van der Waals surface area (Å²) in [5.74, 6) is -3.03. The van der Waals surface area contributed by atoms with Gasteiger partial charge in [0.15, 0.2) is 0 Å². The van der Waals surface area contributed by atoms with Crippen molar-refractivity contribution in [1.82, 2.24) is 9.88 Å². The van der Waals surface area contributed by atoms with E-state index in [0.717, 1.165) is 5.01 Å². The van der Waals surface area contributed by atoms with Crippen LogP contribution in [0, 0.1) is 5.41 Å². The van der Waals surface area contributed by atoms with Crippen LogP contribution >= 0.6 is 11.3 Å². The molecule has 1 aromatic heterocycles. The number of rotatable bonds is 4. The molecule has 4 rings (SSSR count). The number of piperidine rings is 1. The van der Waals surface area contributed by atoms with Crippen LogP contribution in [0.5, 0.6) is 0 Å². The molecule has 0 aliphatic carbocycles. The lowest BCUT2D eigenvalue weighted by Gasteiger charge is -2.44. The molecule has 0 radical (unpaired) electrons. The number of aromatic nitrogens is 1. The molecular weight excluding hydrogens is 436 g/mol. The second-order valence-corrected chi connectivity index (χ2v) is 10.4. The van der Waals surface area contributed by atoms with Gasteiger partial charge in [-0.2, -0.15) is 8.78 Å². The average Bonchev–Trinajstić information content (AvgIpc) is 3.43. The maximum Gasteiger partial charge on any atom is 0.407 e. The van der Waals surface area contributed by atoms with Crippen molar-refractivity contribution in [3.05, 3.63) is 52.0 Å². The Kier molecular flexibility index (Phi) is 5.96. The standard InChI is InChI=1S/C23H27F2N3O3S/c1-22(2,3)18-11-14(9-10-28(18)21(29)30)20-26-17(13-32-20)16-12-19(31-27-16)23(24,25)15-7-5-4-6-8-15/h4-8,13-14,18-19H,9-12H2,1-3H3,(H,29,30). The minimum absolute atomic E-state index is 0.0207. The van der Waals surface area contributed by atoms with E-state index in [4.69, 9.17) is 4.84 Å². The maximum atomic E-state index is 14.8. The molecule has 1 saturated heterocycles. The first-order chi connectivity index (χ1) is 15.1. The highest BCUT2D eigenvalue weighted by atomic mass is 32.1. The topological polar surface area (TPSA) is 75.0 Å². The number of hydrogen-bond acceptors (Lipinski definition) is 5. The van der Waals surface area contributed by atoms with Crippen LogP contribution < -0.4 is 0 Å². The van der Waals surface area contributed by atoms with E-state index in [1.165, 1.54) is 28.4 Å². The van der Waals surface area contributed by atoms with E-state index in [0.29, 0.717) is 30.8 Å². The molecule has 6 nitrogen and oxygen atoms in total. The highest BCUT2D eigenvalue weighted by Crippen LogP contribution is 2.41. The summed E-state index contributed by atoms with van der Waals surface area (Å²) >= 11 is 1.47. The fourth-order valence-electron chi connectivity index (χ4n) is 4.42. The van der Waals surface area contributed by atoms with Gasteiger partial charge in [0.1, 0.15) is 5.71 Å². The van der Waals surface area contributed by atoms with Crippen molar-refractivity contribution >= 4 is 23.1 Å². The number of alkyl halides is 2. The third kappa shape index (κ3) is 4.35. The Bertz CT molecular complexity index is 1000. The van der Waals surface area contributed by atoms with Crippen molar-refractivity contribution in [3.63, 3.8) is 0 Å². The number of likely N-dealkylation sites (tertiary alicyclic amines) is 1. The summed E-state index contributed by atoms with van der Waals surface area (Å²) in [7, 11) is 0. The summed E-state index contributed by atoms with van der Waals surface area (Å²) < 4.78 is 29.7. The summed E-state index contributed by atoms with van der Waals surface area (Å²) in [6.07, 6.45) is -0.919. The van der Waals surface area contributed by atoms with Gasteiger partial charge in [-0.05, 0) is 18.3 Å². The van der Waals surface area contributed by atoms with Gasteiger partial charge in [0, 0.05) is 35.9 Å². The van der Waals surface area contributed by atoms with Gasteiger partial charge in [0.05, 0.1) is 10.7 Å². The summed E-state index contributed by atoms with van der Waals surface area (Å²) in [6.45, 7) is 6.58. The third-order valence-corrected chi connectivity index (χ3v) is 7.25. The molecule has 0 saturated carbocycles. The Morgan fingerprint density at radius 3 is 2.62 bits per heavy atom. The first-order valence-corrected chi connectivity index (χ1v) is 11.6. The maximum absolute atomic E-state index is 14.8. The van der Waals surface area contributed by atoms with Crippen molar-refractivity contribution < 1.29 is 23.5 Å². The zero-order chi connectivity index (χ0) is 23.1. The molecule has 3 atom stereocenters. The summed E-state index contributed by atoms with van der Waals surface area (Å²) in [4.78, 5) is 23.0. The Morgan fingerprint density at radius 2 is 1.97 bits per heavy atom. The van der Waals surface area contributed by atoms with E-state index >= 15 is 0 Å². The zero-order valence-electron chi connectivity index (χ0n) is 18.3. The number of halogens is 2. The molecule has 1 fully saturated rings. The number of hydrogen-bond donors (Lipinski definition) is 1. The van der Waals surface area contributed by atoms with Crippen LogP contribution in [-0.2, 0) is 10.8 Å². The number of nitrogens with zero attached hydrogens (tertiary/aromatic N) is 3. The van der Waals surface area contributed by atoms with Crippen molar-refractivity contribution in [1.29, 1.82) is 0 Å². The van der Waals surface area contributed by atoms with Crippen molar-refractivity contribution in [2.24, 2.45) is 10.6 Å². The number of oxime groups is 1. The molecular formula is C23H27F2N3O3S. The first kappa shape index (κ1) is 22.6. The summed E-state index contributed by atoms with van der Waals surface area (Å²) in [5.41, 5.74) is 0.683. The summed E-state index contributed by atoms with van der Waals surface area (Å²) in [5, 5.41) is 16.2. The lowest BCUT2D eigenvalue weighted by molar-refractivity contribution is -0.131. The first-order valence-electron chi connectivity index (χ1n) is 10.7. The second kappa shape index (κ2) is 8.42. The molecule has 2 aromatic rings. The second-order valence-electron chi connectivity index (χ2n) is 9.48. The van der Waals surface area contributed by atoms with E-state index in [-0.39, 0.29) is 29.4 Å². The van der Waals surface area contributed by atoms with Gasteiger partial charge in [-0.3, -0.25) is 0 Å². The molecule has 3 unspecified atom stereocenters. The van der Waals surface area contributed by atoms with Gasteiger partial charge >= 0.3 is 12.0 Å². The molecule has 2 aliphatic rings. The minimum atomic E-state index is -3.16. The van der Waals surface area contributed by atoms with Crippen LogP contribution in [0.25, 0.3) is 0 Å². The van der Waals surface area contributed by atoms with Crippen LogP contribution in [0.3, 0.4) is 0 Å². The number of benzene rings is 1. The summed E-state index contributed by atoms with van der Waals surface area (Å²) in [6, 6.07) is 7.50. The van der Waals surface area contributed by atoms with Crippen molar-refractivity contribution in [2.45, 2.75) is 64.0 Å². The van der Waals surface area contributed by atoms with Crippen LogP contribution in [0.15, 0.2) is 40.9 Å². The third-order valence-electron chi connectivity index (χ3n) is 6.25. The molecule has 2 aliphatic heterocycles. The number of carbonyl (C=O) groups is 1. The van der Waals surface area contributed by atoms with Crippen LogP contribution in [0.1, 0.15) is 62.2 Å². The van der Waals surface area contributed by atoms with Gasteiger partial charge in [-0.15, -0.1) is 11.3 Å². The number of thiazole rings is 1. The highest BCUT2D eigenvalue weighted by Gasteiger charge is 2.47. The van der Waals surface area contributed by atoms with E-state index in [1.807, 2.05) is 26.2 Å². The molecule has 3 heterocycles. The molecule has 0 spiro atoms.